The molecular weight excluding hydrogens is 354 g/mol. The van der Waals surface area contributed by atoms with Gasteiger partial charge in [-0.2, -0.15) is 0 Å². The van der Waals surface area contributed by atoms with Crippen LogP contribution in [-0.2, 0) is 17.8 Å². The summed E-state index contributed by atoms with van der Waals surface area (Å²) >= 11 is 0. The van der Waals surface area contributed by atoms with Crippen LogP contribution in [-0.4, -0.2) is 30.7 Å². The molecule has 0 unspecified atom stereocenters. The zero-order chi connectivity index (χ0) is 18.1. The van der Waals surface area contributed by atoms with Gasteiger partial charge in [-0.15, -0.1) is 12.4 Å². The normalized spacial score (nSPS) is 10.3. The molecule has 0 atom stereocenters. The van der Waals surface area contributed by atoms with Crippen molar-refractivity contribution in [1.29, 1.82) is 0 Å². The topological polar surface area (TPSA) is 76.4 Å². The molecule has 2 aromatic rings. The summed E-state index contributed by atoms with van der Waals surface area (Å²) in [5.74, 6) is 1.56. The maximum Gasteiger partial charge on any atom is 0.224 e. The van der Waals surface area contributed by atoms with Crippen molar-refractivity contribution in [2.75, 3.05) is 19.6 Å². The Bertz CT molecular complexity index is 652. The maximum absolute atomic E-state index is 11.9. The largest absolute Gasteiger partial charge is 0.489 e. The minimum Gasteiger partial charge on any atom is -0.489 e. The van der Waals surface area contributed by atoms with Gasteiger partial charge in [0, 0.05) is 13.1 Å². The molecule has 0 saturated carbocycles. The molecule has 0 fully saturated rings. The maximum atomic E-state index is 11.9. The number of hydrogen-bond donors (Lipinski definition) is 2. The Morgan fingerprint density at radius 2 is 1.88 bits per heavy atom. The van der Waals surface area contributed by atoms with E-state index in [1.54, 1.807) is 0 Å². The SMILES string of the molecule is CCCNCCNC(=O)Cc1ccc(OCc2c(C)noc2C)cc1.Cl. The molecule has 7 heteroatoms. The Hall–Kier alpha value is -2.05. The van der Waals surface area contributed by atoms with Gasteiger partial charge in [0.1, 0.15) is 18.1 Å². The smallest absolute Gasteiger partial charge is 0.224 e. The highest BCUT2D eigenvalue weighted by molar-refractivity contribution is 5.85. The monoisotopic (exact) mass is 381 g/mol. The number of nitrogens with zero attached hydrogens (tertiary/aromatic N) is 1. The standard InChI is InChI=1S/C19H27N3O3.ClH/c1-4-9-20-10-11-21-19(23)12-16-5-7-17(8-6-16)24-13-18-14(2)22-25-15(18)3;/h5-8,20H,4,9-13H2,1-3H3,(H,21,23);1H. The van der Waals surface area contributed by atoms with Crippen LogP contribution in [0.3, 0.4) is 0 Å². The molecule has 0 aliphatic heterocycles. The van der Waals surface area contributed by atoms with E-state index in [1.807, 2.05) is 38.1 Å². The molecule has 1 aromatic carbocycles. The number of hydrogen-bond acceptors (Lipinski definition) is 5. The van der Waals surface area contributed by atoms with Crippen molar-refractivity contribution in [2.24, 2.45) is 0 Å². The highest BCUT2D eigenvalue weighted by Crippen LogP contribution is 2.18. The second kappa shape index (κ2) is 11.5. The molecule has 1 heterocycles. The van der Waals surface area contributed by atoms with Crippen LogP contribution in [0.15, 0.2) is 28.8 Å². The molecular formula is C19H28ClN3O3. The van der Waals surface area contributed by atoms with Gasteiger partial charge in [-0.3, -0.25) is 4.79 Å². The summed E-state index contributed by atoms with van der Waals surface area (Å²) in [4.78, 5) is 11.9. The van der Waals surface area contributed by atoms with E-state index in [0.717, 1.165) is 47.8 Å². The highest BCUT2D eigenvalue weighted by atomic mass is 35.5. The molecule has 0 aliphatic rings. The lowest BCUT2D eigenvalue weighted by atomic mass is 10.1. The Morgan fingerprint density at radius 1 is 1.15 bits per heavy atom. The van der Waals surface area contributed by atoms with Crippen molar-refractivity contribution in [1.82, 2.24) is 15.8 Å². The Morgan fingerprint density at radius 3 is 2.50 bits per heavy atom. The fourth-order valence-corrected chi connectivity index (χ4v) is 2.41. The number of aryl methyl sites for hydroxylation is 2. The third-order valence-corrected chi connectivity index (χ3v) is 3.90. The third kappa shape index (κ3) is 7.06. The Labute approximate surface area is 161 Å². The molecule has 0 spiro atoms. The fourth-order valence-electron chi connectivity index (χ4n) is 2.41. The molecule has 1 aromatic heterocycles. The van der Waals surface area contributed by atoms with Gasteiger partial charge < -0.3 is 19.9 Å². The molecule has 2 N–H and O–H groups in total. The van der Waals surface area contributed by atoms with E-state index in [-0.39, 0.29) is 18.3 Å². The molecule has 2 rings (SSSR count). The summed E-state index contributed by atoms with van der Waals surface area (Å²) in [7, 11) is 0. The van der Waals surface area contributed by atoms with Gasteiger partial charge >= 0.3 is 0 Å². The summed E-state index contributed by atoms with van der Waals surface area (Å²) in [5.41, 5.74) is 2.78. The number of ether oxygens (including phenoxy) is 1. The predicted molar refractivity (Wildman–Crippen MR) is 104 cm³/mol. The van der Waals surface area contributed by atoms with E-state index in [4.69, 9.17) is 9.26 Å². The minimum absolute atomic E-state index is 0. The molecule has 144 valence electrons. The summed E-state index contributed by atoms with van der Waals surface area (Å²) in [5, 5.41) is 10.1. The van der Waals surface area contributed by atoms with Crippen LogP contribution in [0.5, 0.6) is 5.75 Å². The lowest BCUT2D eigenvalue weighted by Crippen LogP contribution is -2.32. The first-order valence-electron chi connectivity index (χ1n) is 8.71. The zero-order valence-electron chi connectivity index (χ0n) is 15.6. The van der Waals surface area contributed by atoms with Crippen molar-refractivity contribution in [2.45, 2.75) is 40.2 Å². The molecule has 0 saturated heterocycles. The van der Waals surface area contributed by atoms with Gasteiger partial charge in [-0.1, -0.05) is 24.2 Å². The quantitative estimate of drug-likeness (QED) is 0.619. The van der Waals surface area contributed by atoms with Gasteiger partial charge in [0.15, 0.2) is 0 Å². The average molecular weight is 382 g/mol. The van der Waals surface area contributed by atoms with Crippen molar-refractivity contribution < 1.29 is 14.1 Å². The van der Waals surface area contributed by atoms with Gasteiger partial charge in [0.25, 0.3) is 0 Å². The van der Waals surface area contributed by atoms with Crippen molar-refractivity contribution >= 4 is 18.3 Å². The van der Waals surface area contributed by atoms with Crippen LogP contribution in [0, 0.1) is 13.8 Å². The molecule has 26 heavy (non-hydrogen) atoms. The van der Waals surface area contributed by atoms with Crippen LogP contribution in [0.25, 0.3) is 0 Å². The third-order valence-electron chi connectivity index (χ3n) is 3.90. The van der Waals surface area contributed by atoms with Crippen molar-refractivity contribution in [3.05, 3.63) is 46.8 Å². The van der Waals surface area contributed by atoms with E-state index in [9.17, 15) is 4.79 Å². The first kappa shape index (κ1) is 22.0. The van der Waals surface area contributed by atoms with Crippen LogP contribution >= 0.6 is 12.4 Å². The van der Waals surface area contributed by atoms with Gasteiger partial charge in [-0.25, -0.2) is 0 Å². The minimum atomic E-state index is 0. The van der Waals surface area contributed by atoms with E-state index in [1.165, 1.54) is 0 Å². The fraction of sp³-hybridized carbons (Fsp3) is 0.474. The van der Waals surface area contributed by atoms with E-state index >= 15 is 0 Å². The van der Waals surface area contributed by atoms with E-state index < -0.39 is 0 Å². The van der Waals surface area contributed by atoms with E-state index in [2.05, 4.69) is 22.7 Å². The van der Waals surface area contributed by atoms with Crippen molar-refractivity contribution in [3.8, 4) is 5.75 Å². The van der Waals surface area contributed by atoms with Gasteiger partial charge in [0.05, 0.1) is 17.7 Å². The summed E-state index contributed by atoms with van der Waals surface area (Å²) < 4.78 is 10.9. The number of benzene rings is 1. The van der Waals surface area contributed by atoms with Crippen LogP contribution in [0.1, 0.15) is 35.9 Å². The van der Waals surface area contributed by atoms with Crippen LogP contribution in [0.4, 0.5) is 0 Å². The lowest BCUT2D eigenvalue weighted by molar-refractivity contribution is -0.120. The first-order valence-corrected chi connectivity index (χ1v) is 8.71. The summed E-state index contributed by atoms with van der Waals surface area (Å²) in [6.45, 7) is 8.74. The van der Waals surface area contributed by atoms with Gasteiger partial charge in [-0.05, 0) is 44.5 Å². The first-order chi connectivity index (χ1) is 12.1. The molecule has 1 amide bonds. The molecule has 0 radical (unpaired) electrons. The predicted octanol–water partition coefficient (Wildman–Crippen LogP) is 2.95. The number of carbonyl (C=O) groups excluding carboxylic acids is 1. The number of nitrogens with one attached hydrogen (secondary N) is 2. The highest BCUT2D eigenvalue weighted by Gasteiger charge is 2.09. The Kier molecular flexibility index (Phi) is 9.76. The number of aromatic nitrogens is 1. The summed E-state index contributed by atoms with van der Waals surface area (Å²) in [6, 6.07) is 7.59. The van der Waals surface area contributed by atoms with Crippen molar-refractivity contribution in [3.63, 3.8) is 0 Å². The number of carbonyl (C=O) groups is 1. The van der Waals surface area contributed by atoms with E-state index in [0.29, 0.717) is 19.6 Å². The molecule has 0 bridgehead atoms. The number of rotatable bonds is 10. The molecule has 6 nitrogen and oxygen atoms in total. The number of amides is 1. The van der Waals surface area contributed by atoms with Crippen LogP contribution in [0.2, 0.25) is 0 Å². The van der Waals surface area contributed by atoms with Crippen LogP contribution < -0.4 is 15.4 Å². The number of halogens is 1. The Balaban J connectivity index is 0.00000338. The zero-order valence-corrected chi connectivity index (χ0v) is 16.4. The lowest BCUT2D eigenvalue weighted by Gasteiger charge is -2.08. The molecule has 0 aliphatic carbocycles. The average Bonchev–Trinajstić information content (AvgIpc) is 2.92. The summed E-state index contributed by atoms with van der Waals surface area (Å²) in [6.07, 6.45) is 1.47. The second-order valence-corrected chi connectivity index (χ2v) is 6.01. The van der Waals surface area contributed by atoms with Gasteiger partial charge in [0.2, 0.25) is 5.91 Å². The second-order valence-electron chi connectivity index (χ2n) is 6.01.